The smallest absolute Gasteiger partial charge is 0.293 e. The second kappa shape index (κ2) is 7.00. The van der Waals surface area contributed by atoms with Gasteiger partial charge in [0, 0.05) is 51.0 Å². The van der Waals surface area contributed by atoms with Crippen LogP contribution in [0.25, 0.3) is 0 Å². The van der Waals surface area contributed by atoms with Crippen molar-refractivity contribution in [2.24, 2.45) is 13.0 Å². The minimum Gasteiger partial charge on any atom is -0.492 e. The Kier molecular flexibility index (Phi) is 4.81. The van der Waals surface area contributed by atoms with Gasteiger partial charge in [0.2, 0.25) is 0 Å². The van der Waals surface area contributed by atoms with E-state index in [0.717, 1.165) is 25.9 Å². The number of anilines is 1. The molecule has 0 spiro atoms. The molecule has 0 amide bonds. The van der Waals surface area contributed by atoms with Gasteiger partial charge in [0.25, 0.3) is 5.56 Å². The average Bonchev–Trinajstić information content (AvgIpc) is 2.57. The minimum absolute atomic E-state index is 0.0502. The Morgan fingerprint density at radius 1 is 1.35 bits per heavy atom. The molecule has 0 radical (unpaired) electrons. The van der Waals surface area contributed by atoms with E-state index in [2.05, 4.69) is 14.9 Å². The lowest BCUT2D eigenvalue weighted by Crippen LogP contribution is -2.39. The number of hydrogen-bond donors (Lipinski definition) is 0. The van der Waals surface area contributed by atoms with Crippen LogP contribution in [-0.2, 0) is 7.05 Å². The lowest BCUT2D eigenvalue weighted by Gasteiger charge is -2.32. The summed E-state index contributed by atoms with van der Waals surface area (Å²) in [7, 11) is 1.74. The quantitative estimate of drug-likeness (QED) is 0.857. The molecule has 1 fully saturated rings. The fourth-order valence-electron chi connectivity index (χ4n) is 2.70. The van der Waals surface area contributed by atoms with Crippen LogP contribution in [0.4, 0.5) is 5.82 Å². The highest BCUT2D eigenvalue weighted by molar-refractivity contribution is 6.31. The topological polar surface area (TPSA) is 60.3 Å². The van der Waals surface area contributed by atoms with E-state index < -0.39 is 0 Å². The number of hydrogen-bond acceptors (Lipinski definition) is 5. The first-order valence-corrected chi connectivity index (χ1v) is 8.02. The fraction of sp³-hybridized carbons (Fsp3) is 0.438. The van der Waals surface area contributed by atoms with Crippen molar-refractivity contribution in [1.29, 1.82) is 0 Å². The van der Waals surface area contributed by atoms with Crippen molar-refractivity contribution in [2.75, 3.05) is 24.6 Å². The maximum Gasteiger partial charge on any atom is 0.293 e. The maximum atomic E-state index is 12.1. The van der Waals surface area contributed by atoms with Crippen molar-refractivity contribution in [3.63, 3.8) is 0 Å². The van der Waals surface area contributed by atoms with E-state index in [9.17, 15) is 4.79 Å². The van der Waals surface area contributed by atoms with E-state index in [1.807, 2.05) is 0 Å². The summed E-state index contributed by atoms with van der Waals surface area (Å²) in [5.74, 6) is 1.65. The predicted molar refractivity (Wildman–Crippen MR) is 89.2 cm³/mol. The van der Waals surface area contributed by atoms with E-state index in [0.29, 0.717) is 29.1 Å². The molecule has 0 unspecified atom stereocenters. The molecular formula is C16H19ClN4O2. The van der Waals surface area contributed by atoms with Gasteiger partial charge in [-0.1, -0.05) is 11.6 Å². The molecule has 122 valence electrons. The van der Waals surface area contributed by atoms with Crippen LogP contribution in [0.3, 0.4) is 0 Å². The summed E-state index contributed by atoms with van der Waals surface area (Å²) in [6.07, 6.45) is 8.50. The van der Waals surface area contributed by atoms with Crippen molar-refractivity contribution in [3.8, 4) is 5.75 Å². The Morgan fingerprint density at radius 3 is 2.87 bits per heavy atom. The van der Waals surface area contributed by atoms with Gasteiger partial charge in [0.15, 0.2) is 5.82 Å². The van der Waals surface area contributed by atoms with E-state index in [1.165, 1.54) is 0 Å². The third-order valence-corrected chi connectivity index (χ3v) is 4.41. The first-order valence-electron chi connectivity index (χ1n) is 7.64. The fourth-order valence-corrected chi connectivity index (χ4v) is 2.87. The number of ether oxygens (including phenoxy) is 1. The lowest BCUT2D eigenvalue weighted by molar-refractivity contribution is 0.222. The van der Waals surface area contributed by atoms with E-state index >= 15 is 0 Å². The minimum atomic E-state index is -0.0502. The number of aromatic nitrogens is 3. The van der Waals surface area contributed by atoms with Gasteiger partial charge >= 0.3 is 0 Å². The monoisotopic (exact) mass is 334 g/mol. The highest BCUT2D eigenvalue weighted by atomic mass is 35.5. The van der Waals surface area contributed by atoms with Crippen molar-refractivity contribution in [1.82, 2.24) is 14.5 Å². The molecule has 2 aromatic rings. The van der Waals surface area contributed by atoms with Gasteiger partial charge in [-0.15, -0.1) is 0 Å². The van der Waals surface area contributed by atoms with Gasteiger partial charge in [-0.2, -0.15) is 0 Å². The lowest BCUT2D eigenvalue weighted by atomic mass is 9.98. The molecule has 1 aliphatic heterocycles. The van der Waals surface area contributed by atoms with Gasteiger partial charge in [-0.25, -0.2) is 4.98 Å². The first kappa shape index (κ1) is 15.8. The molecule has 0 N–H and O–H groups in total. The van der Waals surface area contributed by atoms with Crippen LogP contribution in [0.1, 0.15) is 12.8 Å². The molecule has 2 aromatic heterocycles. The normalized spacial score (nSPS) is 15.7. The maximum absolute atomic E-state index is 12.1. The molecule has 3 rings (SSSR count). The zero-order valence-corrected chi connectivity index (χ0v) is 13.7. The summed E-state index contributed by atoms with van der Waals surface area (Å²) < 4.78 is 7.35. The second-order valence-corrected chi connectivity index (χ2v) is 6.12. The molecule has 1 aliphatic rings. The predicted octanol–water partition coefficient (Wildman–Crippen LogP) is 2.12. The molecule has 0 saturated carbocycles. The molecule has 0 aliphatic carbocycles. The van der Waals surface area contributed by atoms with Crippen LogP contribution >= 0.6 is 11.6 Å². The highest BCUT2D eigenvalue weighted by Gasteiger charge is 2.22. The Morgan fingerprint density at radius 2 is 2.13 bits per heavy atom. The molecular weight excluding hydrogens is 316 g/mol. The summed E-state index contributed by atoms with van der Waals surface area (Å²) in [6, 6.07) is 1.77. The Balaban J connectivity index is 1.55. The summed E-state index contributed by atoms with van der Waals surface area (Å²) in [6.45, 7) is 2.24. The van der Waals surface area contributed by atoms with E-state index in [-0.39, 0.29) is 5.56 Å². The third kappa shape index (κ3) is 3.64. The van der Waals surface area contributed by atoms with Crippen LogP contribution in [0.5, 0.6) is 5.75 Å². The van der Waals surface area contributed by atoms with Crippen LogP contribution in [0.2, 0.25) is 5.02 Å². The van der Waals surface area contributed by atoms with E-state index in [4.69, 9.17) is 16.3 Å². The van der Waals surface area contributed by atoms with Gasteiger partial charge in [0.1, 0.15) is 10.8 Å². The van der Waals surface area contributed by atoms with Crippen LogP contribution in [-0.4, -0.2) is 34.2 Å². The van der Waals surface area contributed by atoms with Crippen molar-refractivity contribution in [3.05, 3.63) is 46.2 Å². The van der Waals surface area contributed by atoms with Crippen molar-refractivity contribution >= 4 is 17.4 Å². The number of piperidine rings is 1. The zero-order valence-electron chi connectivity index (χ0n) is 13.0. The third-order valence-electron chi connectivity index (χ3n) is 4.12. The van der Waals surface area contributed by atoms with Crippen LogP contribution in [0.15, 0.2) is 35.6 Å². The molecule has 0 aromatic carbocycles. The van der Waals surface area contributed by atoms with Gasteiger partial charge in [-0.3, -0.25) is 9.78 Å². The van der Waals surface area contributed by atoms with E-state index in [1.54, 1.807) is 42.5 Å². The van der Waals surface area contributed by atoms with Crippen LogP contribution < -0.4 is 15.2 Å². The summed E-state index contributed by atoms with van der Waals surface area (Å²) in [5, 5.41) is 0.530. The average molecular weight is 335 g/mol. The Hall–Kier alpha value is -2.08. The highest BCUT2D eigenvalue weighted by Crippen LogP contribution is 2.25. The van der Waals surface area contributed by atoms with Gasteiger partial charge in [-0.05, 0) is 18.8 Å². The molecule has 0 bridgehead atoms. The number of pyridine rings is 1. The largest absolute Gasteiger partial charge is 0.492 e. The Labute approximate surface area is 139 Å². The summed E-state index contributed by atoms with van der Waals surface area (Å²) in [4.78, 5) is 22.3. The van der Waals surface area contributed by atoms with Crippen molar-refractivity contribution < 1.29 is 4.74 Å². The summed E-state index contributed by atoms with van der Waals surface area (Å²) in [5.41, 5.74) is -0.0502. The number of halogens is 1. The SMILES string of the molecule is Cn1ccnc(N2CCC(COc3ccncc3Cl)CC2)c1=O. The Bertz CT molecular complexity index is 726. The molecule has 3 heterocycles. The number of nitrogens with zero attached hydrogens (tertiary/aromatic N) is 4. The number of rotatable bonds is 4. The second-order valence-electron chi connectivity index (χ2n) is 5.71. The molecule has 0 atom stereocenters. The standard InChI is InChI=1S/C16H19ClN4O2/c1-20-9-6-19-15(16(20)22)21-7-3-12(4-8-21)11-23-14-2-5-18-10-13(14)17/h2,5-6,9-10,12H,3-4,7-8,11H2,1H3. The first-order chi connectivity index (χ1) is 11.1. The molecule has 1 saturated heterocycles. The number of aryl methyl sites for hydroxylation is 1. The molecule has 6 nitrogen and oxygen atoms in total. The van der Waals surface area contributed by atoms with Gasteiger partial charge in [0.05, 0.1) is 6.61 Å². The molecule has 23 heavy (non-hydrogen) atoms. The van der Waals surface area contributed by atoms with Gasteiger partial charge < -0.3 is 14.2 Å². The zero-order chi connectivity index (χ0) is 16.2. The van der Waals surface area contributed by atoms with Crippen LogP contribution in [0, 0.1) is 5.92 Å². The van der Waals surface area contributed by atoms with Crippen molar-refractivity contribution in [2.45, 2.75) is 12.8 Å². The summed E-state index contributed by atoms with van der Waals surface area (Å²) >= 11 is 6.04. The molecule has 7 heteroatoms.